The molecular formula is C8H8FNO2. The predicted molar refractivity (Wildman–Crippen MR) is 40.2 cm³/mol. The molecule has 4 heteroatoms. The van der Waals surface area contributed by atoms with Gasteiger partial charge in [-0.05, 0) is 24.6 Å². The molecule has 0 amide bonds. The fraction of sp³-hybridized carbons (Fsp3) is 0.250. The molecule has 1 rings (SSSR count). The van der Waals surface area contributed by atoms with Crippen LogP contribution in [0, 0.1) is 5.95 Å². The number of carboxylic acids is 1. The Morgan fingerprint density at radius 1 is 1.75 bits per heavy atom. The van der Waals surface area contributed by atoms with E-state index in [4.69, 9.17) is 5.11 Å². The van der Waals surface area contributed by atoms with Crippen molar-refractivity contribution in [1.29, 1.82) is 0 Å². The molecule has 12 heavy (non-hydrogen) atoms. The van der Waals surface area contributed by atoms with Crippen LogP contribution in [-0.2, 0) is 4.79 Å². The van der Waals surface area contributed by atoms with Crippen LogP contribution >= 0.6 is 0 Å². The number of hydrogen-bond donors (Lipinski definition) is 1. The largest absolute Gasteiger partial charge is 0.481 e. The maximum Gasteiger partial charge on any atom is 0.310 e. The van der Waals surface area contributed by atoms with Crippen molar-refractivity contribution in [2.75, 3.05) is 0 Å². The lowest BCUT2D eigenvalue weighted by atomic mass is 10.0. The van der Waals surface area contributed by atoms with Crippen molar-refractivity contribution in [2.24, 2.45) is 0 Å². The third-order valence-corrected chi connectivity index (χ3v) is 1.62. The Hall–Kier alpha value is -1.45. The maximum atomic E-state index is 12.5. The van der Waals surface area contributed by atoms with E-state index in [1.807, 2.05) is 0 Å². The van der Waals surface area contributed by atoms with Gasteiger partial charge in [0, 0.05) is 6.20 Å². The van der Waals surface area contributed by atoms with Crippen LogP contribution < -0.4 is 0 Å². The van der Waals surface area contributed by atoms with Crippen molar-refractivity contribution in [3.8, 4) is 0 Å². The Bertz CT molecular complexity index is 301. The summed E-state index contributed by atoms with van der Waals surface area (Å²) in [5, 5.41) is 8.58. The van der Waals surface area contributed by atoms with Crippen molar-refractivity contribution in [3.05, 3.63) is 29.8 Å². The second kappa shape index (κ2) is 3.30. The lowest BCUT2D eigenvalue weighted by Crippen LogP contribution is -2.07. The molecule has 0 aliphatic heterocycles. The molecule has 0 radical (unpaired) electrons. The third-order valence-electron chi connectivity index (χ3n) is 1.62. The van der Waals surface area contributed by atoms with Crippen LogP contribution in [0.15, 0.2) is 18.3 Å². The zero-order valence-electron chi connectivity index (χ0n) is 6.49. The monoisotopic (exact) mass is 169 g/mol. The molecule has 1 atom stereocenters. The first-order valence-corrected chi connectivity index (χ1v) is 3.45. The van der Waals surface area contributed by atoms with E-state index in [0.29, 0.717) is 5.56 Å². The Kier molecular flexibility index (Phi) is 2.38. The molecule has 0 aromatic carbocycles. The van der Waals surface area contributed by atoms with Gasteiger partial charge in [-0.2, -0.15) is 4.39 Å². The molecule has 1 heterocycles. The van der Waals surface area contributed by atoms with Crippen LogP contribution in [0.25, 0.3) is 0 Å². The van der Waals surface area contributed by atoms with Crippen LogP contribution in [0.4, 0.5) is 4.39 Å². The standard InChI is InChI=1S/C8H8FNO2/c1-5(8(11)12)6-2-3-10-7(9)4-6/h2-5H,1H3,(H,11,12)/t5-/m1/s1. The Balaban J connectivity index is 2.95. The molecule has 0 aliphatic rings. The van der Waals surface area contributed by atoms with Crippen LogP contribution in [-0.4, -0.2) is 16.1 Å². The number of carbonyl (C=O) groups is 1. The molecule has 0 aliphatic carbocycles. The minimum atomic E-state index is -0.972. The average Bonchev–Trinajstić information content (AvgIpc) is 2.03. The fourth-order valence-corrected chi connectivity index (χ4v) is 0.829. The highest BCUT2D eigenvalue weighted by Crippen LogP contribution is 2.14. The van der Waals surface area contributed by atoms with Crippen molar-refractivity contribution in [1.82, 2.24) is 4.98 Å². The van der Waals surface area contributed by atoms with Crippen LogP contribution in [0.3, 0.4) is 0 Å². The normalized spacial score (nSPS) is 12.5. The van der Waals surface area contributed by atoms with E-state index in [1.165, 1.54) is 19.2 Å². The minimum absolute atomic E-state index is 0.426. The summed E-state index contributed by atoms with van der Waals surface area (Å²) in [6.07, 6.45) is 1.25. The van der Waals surface area contributed by atoms with Gasteiger partial charge in [-0.1, -0.05) is 0 Å². The van der Waals surface area contributed by atoms with E-state index in [-0.39, 0.29) is 0 Å². The highest BCUT2D eigenvalue weighted by atomic mass is 19.1. The van der Waals surface area contributed by atoms with Crippen molar-refractivity contribution >= 4 is 5.97 Å². The summed E-state index contributed by atoms with van der Waals surface area (Å²) in [5.74, 6) is -2.32. The van der Waals surface area contributed by atoms with Gasteiger partial charge in [0.05, 0.1) is 5.92 Å². The van der Waals surface area contributed by atoms with E-state index >= 15 is 0 Å². The zero-order valence-corrected chi connectivity index (χ0v) is 6.49. The maximum absolute atomic E-state index is 12.5. The van der Waals surface area contributed by atoms with Gasteiger partial charge in [-0.15, -0.1) is 0 Å². The van der Waals surface area contributed by atoms with Gasteiger partial charge in [0.1, 0.15) is 0 Å². The molecule has 3 nitrogen and oxygen atoms in total. The summed E-state index contributed by atoms with van der Waals surface area (Å²) in [5.41, 5.74) is 0.426. The van der Waals surface area contributed by atoms with Gasteiger partial charge >= 0.3 is 5.97 Å². The lowest BCUT2D eigenvalue weighted by Gasteiger charge is -2.04. The van der Waals surface area contributed by atoms with E-state index < -0.39 is 17.8 Å². The van der Waals surface area contributed by atoms with Gasteiger partial charge < -0.3 is 5.11 Å². The first-order chi connectivity index (χ1) is 5.61. The number of aliphatic carboxylic acids is 1. The number of nitrogens with zero attached hydrogens (tertiary/aromatic N) is 1. The Labute approximate surface area is 68.9 Å². The number of halogens is 1. The molecule has 0 spiro atoms. The molecule has 0 saturated heterocycles. The summed E-state index contributed by atoms with van der Waals surface area (Å²) in [4.78, 5) is 13.8. The number of pyridine rings is 1. The molecule has 0 bridgehead atoms. The Morgan fingerprint density at radius 2 is 2.42 bits per heavy atom. The molecule has 1 aromatic rings. The Morgan fingerprint density at radius 3 is 2.92 bits per heavy atom. The van der Waals surface area contributed by atoms with Gasteiger partial charge in [-0.25, -0.2) is 4.98 Å². The van der Waals surface area contributed by atoms with Gasteiger partial charge in [-0.3, -0.25) is 4.79 Å². The van der Waals surface area contributed by atoms with E-state index in [2.05, 4.69) is 4.98 Å². The summed E-state index contributed by atoms with van der Waals surface area (Å²) in [6, 6.07) is 2.61. The van der Waals surface area contributed by atoms with Crippen molar-refractivity contribution in [3.63, 3.8) is 0 Å². The SMILES string of the molecule is C[C@@H](C(=O)O)c1ccnc(F)c1. The second-order valence-corrected chi connectivity index (χ2v) is 2.47. The average molecular weight is 169 g/mol. The van der Waals surface area contributed by atoms with E-state index in [1.54, 1.807) is 0 Å². The molecule has 1 N–H and O–H groups in total. The van der Waals surface area contributed by atoms with E-state index in [9.17, 15) is 9.18 Å². The third kappa shape index (κ3) is 1.78. The quantitative estimate of drug-likeness (QED) is 0.681. The van der Waals surface area contributed by atoms with Gasteiger partial charge in [0.15, 0.2) is 0 Å². The topological polar surface area (TPSA) is 50.2 Å². The fourth-order valence-electron chi connectivity index (χ4n) is 0.829. The van der Waals surface area contributed by atoms with Crippen LogP contribution in [0.5, 0.6) is 0 Å². The predicted octanol–water partition coefficient (Wildman–Crippen LogP) is 1.41. The number of carboxylic acid groups (broad SMARTS) is 1. The molecule has 0 fully saturated rings. The first kappa shape index (κ1) is 8.64. The van der Waals surface area contributed by atoms with Crippen molar-refractivity contribution in [2.45, 2.75) is 12.8 Å². The highest BCUT2D eigenvalue weighted by Gasteiger charge is 2.13. The molecule has 0 unspecified atom stereocenters. The van der Waals surface area contributed by atoms with Crippen LogP contribution in [0.2, 0.25) is 0 Å². The van der Waals surface area contributed by atoms with Gasteiger partial charge in [0.25, 0.3) is 0 Å². The minimum Gasteiger partial charge on any atom is -0.481 e. The molecule has 0 saturated carbocycles. The smallest absolute Gasteiger partial charge is 0.310 e. The highest BCUT2D eigenvalue weighted by molar-refractivity contribution is 5.75. The summed E-state index contributed by atoms with van der Waals surface area (Å²) in [7, 11) is 0. The lowest BCUT2D eigenvalue weighted by molar-refractivity contribution is -0.138. The molecule has 1 aromatic heterocycles. The second-order valence-electron chi connectivity index (χ2n) is 2.47. The zero-order chi connectivity index (χ0) is 9.14. The summed E-state index contributed by atoms with van der Waals surface area (Å²) < 4.78 is 12.5. The summed E-state index contributed by atoms with van der Waals surface area (Å²) >= 11 is 0. The van der Waals surface area contributed by atoms with Crippen molar-refractivity contribution < 1.29 is 14.3 Å². The number of hydrogen-bond acceptors (Lipinski definition) is 2. The molecular weight excluding hydrogens is 161 g/mol. The molecule has 64 valence electrons. The summed E-state index contributed by atoms with van der Waals surface area (Å²) in [6.45, 7) is 1.50. The van der Waals surface area contributed by atoms with Gasteiger partial charge in [0.2, 0.25) is 5.95 Å². The first-order valence-electron chi connectivity index (χ1n) is 3.45. The number of aromatic nitrogens is 1. The van der Waals surface area contributed by atoms with E-state index in [0.717, 1.165) is 6.07 Å². The van der Waals surface area contributed by atoms with Crippen LogP contribution in [0.1, 0.15) is 18.4 Å². The number of rotatable bonds is 2.